The van der Waals surface area contributed by atoms with Crippen LogP contribution in [0.4, 0.5) is 5.69 Å². The molecule has 20 nitrogen and oxygen atoms in total. The van der Waals surface area contributed by atoms with Crippen LogP contribution in [0.15, 0.2) is 24.3 Å². The molecule has 1 saturated carbocycles. The zero-order valence-electron chi connectivity index (χ0n) is 40.4. The fraction of sp³-hybridized carbons (Fsp3) is 0.702. The van der Waals surface area contributed by atoms with Crippen molar-refractivity contribution >= 4 is 53.1 Å². The van der Waals surface area contributed by atoms with Gasteiger partial charge in [-0.15, -0.1) is 0 Å². The number of ether oxygens (including phenoxy) is 2. The minimum Gasteiger partial charge on any atom is -0.481 e. The first-order valence-corrected chi connectivity index (χ1v) is 23.6. The Morgan fingerprint density at radius 1 is 0.687 bits per heavy atom. The van der Waals surface area contributed by atoms with Gasteiger partial charge in [-0.25, -0.2) is 4.79 Å². The molecule has 3 atom stereocenters. The van der Waals surface area contributed by atoms with E-state index >= 15 is 0 Å². The number of aliphatic carboxylic acids is 2. The van der Waals surface area contributed by atoms with Crippen molar-refractivity contribution in [3.63, 3.8) is 0 Å². The molecule has 20 heteroatoms. The lowest BCUT2D eigenvalue weighted by molar-refractivity contribution is -0.143. The van der Waals surface area contributed by atoms with Crippen LogP contribution in [0.1, 0.15) is 135 Å². The van der Waals surface area contributed by atoms with Crippen LogP contribution in [0.2, 0.25) is 0 Å². The quantitative estimate of drug-likeness (QED) is 0.0454. The summed E-state index contributed by atoms with van der Waals surface area (Å²) in [6.07, 6.45) is 4.53. The van der Waals surface area contributed by atoms with Gasteiger partial charge in [0.1, 0.15) is 18.1 Å². The molecular formula is C47H78N8O12. The SMILES string of the molecule is CNC(=O)C(CCCCNC(=O)c1ccc(NCCN)cc1)NC(=O)CCC(C)(C)OCCC(C)(C)OCCNC(=O)C(CCC(=O)O)NC(=O)CCC(NC(=O)C1CCC(C)CC1)C(=O)O. The summed E-state index contributed by atoms with van der Waals surface area (Å²) in [7, 11) is 1.51. The van der Waals surface area contributed by atoms with Gasteiger partial charge in [0.2, 0.25) is 29.5 Å². The van der Waals surface area contributed by atoms with Gasteiger partial charge in [-0.2, -0.15) is 0 Å². The lowest BCUT2D eigenvalue weighted by atomic mass is 9.82. The number of anilines is 1. The summed E-state index contributed by atoms with van der Waals surface area (Å²) in [6.45, 7) is 11.5. The number of hydrogen-bond acceptors (Lipinski definition) is 12. The molecule has 1 fully saturated rings. The Labute approximate surface area is 395 Å². The first kappa shape index (κ1) is 57.8. The van der Waals surface area contributed by atoms with Crippen molar-refractivity contribution in [3.05, 3.63) is 29.8 Å². The third kappa shape index (κ3) is 24.3. The van der Waals surface area contributed by atoms with Gasteiger partial charge in [-0.05, 0) is 129 Å². The topological polar surface area (TPSA) is 306 Å². The summed E-state index contributed by atoms with van der Waals surface area (Å²) in [4.78, 5) is 99.8. The van der Waals surface area contributed by atoms with Gasteiger partial charge < -0.3 is 62.6 Å². The number of likely N-dealkylation sites (N-methyl/N-ethyl adjacent to an activating group) is 1. The molecule has 6 amide bonds. The highest BCUT2D eigenvalue weighted by molar-refractivity contribution is 5.94. The van der Waals surface area contributed by atoms with Crippen molar-refractivity contribution in [3.8, 4) is 0 Å². The van der Waals surface area contributed by atoms with E-state index in [1.165, 1.54) is 7.05 Å². The molecule has 2 rings (SSSR count). The van der Waals surface area contributed by atoms with E-state index in [2.05, 4.69) is 44.1 Å². The molecule has 0 radical (unpaired) electrons. The smallest absolute Gasteiger partial charge is 0.326 e. The highest BCUT2D eigenvalue weighted by Gasteiger charge is 2.30. The molecule has 3 unspecified atom stereocenters. The molecule has 0 aliphatic heterocycles. The average molecular weight is 947 g/mol. The number of unbranched alkanes of at least 4 members (excludes halogenated alkanes) is 1. The maximum atomic E-state index is 13.1. The number of nitrogens with one attached hydrogen (secondary N) is 7. The fourth-order valence-electron chi connectivity index (χ4n) is 7.35. The highest BCUT2D eigenvalue weighted by Crippen LogP contribution is 2.28. The van der Waals surface area contributed by atoms with E-state index in [0.717, 1.165) is 18.5 Å². The Balaban J connectivity index is 1.73. The van der Waals surface area contributed by atoms with Gasteiger partial charge in [0.25, 0.3) is 5.91 Å². The molecular weight excluding hydrogens is 869 g/mol. The summed E-state index contributed by atoms with van der Waals surface area (Å²) < 4.78 is 12.1. The molecule has 0 bridgehead atoms. The van der Waals surface area contributed by atoms with Crippen molar-refractivity contribution in [1.29, 1.82) is 0 Å². The molecule has 1 aromatic carbocycles. The van der Waals surface area contributed by atoms with Crippen molar-refractivity contribution in [2.24, 2.45) is 17.6 Å². The third-order valence-electron chi connectivity index (χ3n) is 11.7. The number of nitrogens with two attached hydrogens (primary N) is 1. The zero-order chi connectivity index (χ0) is 50.0. The van der Waals surface area contributed by atoms with Crippen molar-refractivity contribution < 1.29 is 58.0 Å². The van der Waals surface area contributed by atoms with Crippen LogP contribution in [-0.2, 0) is 43.0 Å². The summed E-state index contributed by atoms with van der Waals surface area (Å²) >= 11 is 0. The van der Waals surface area contributed by atoms with Gasteiger partial charge in [-0.1, -0.05) is 6.92 Å². The number of carboxylic acid groups (broad SMARTS) is 2. The van der Waals surface area contributed by atoms with Crippen LogP contribution in [-0.4, -0.2) is 133 Å². The molecule has 67 heavy (non-hydrogen) atoms. The molecule has 0 spiro atoms. The number of carboxylic acids is 2. The van der Waals surface area contributed by atoms with Crippen LogP contribution in [0.25, 0.3) is 0 Å². The maximum absolute atomic E-state index is 13.1. The van der Waals surface area contributed by atoms with Gasteiger partial charge in [-0.3, -0.25) is 33.6 Å². The molecule has 1 aromatic rings. The third-order valence-corrected chi connectivity index (χ3v) is 11.7. The zero-order valence-corrected chi connectivity index (χ0v) is 40.4. The number of amides is 6. The first-order valence-electron chi connectivity index (χ1n) is 23.6. The van der Waals surface area contributed by atoms with Crippen LogP contribution >= 0.6 is 0 Å². The van der Waals surface area contributed by atoms with E-state index in [9.17, 15) is 48.6 Å². The highest BCUT2D eigenvalue weighted by atomic mass is 16.5. The van der Waals surface area contributed by atoms with Gasteiger partial charge >= 0.3 is 11.9 Å². The first-order chi connectivity index (χ1) is 31.6. The van der Waals surface area contributed by atoms with Gasteiger partial charge in [0, 0.05) is 69.7 Å². The van der Waals surface area contributed by atoms with E-state index in [1.807, 2.05) is 39.8 Å². The fourth-order valence-corrected chi connectivity index (χ4v) is 7.35. The van der Waals surface area contributed by atoms with Gasteiger partial charge in [0.15, 0.2) is 0 Å². The number of hydrogen-bond donors (Lipinski definition) is 10. The number of carbonyl (C=O) groups excluding carboxylic acids is 6. The van der Waals surface area contributed by atoms with E-state index in [1.54, 1.807) is 12.1 Å². The maximum Gasteiger partial charge on any atom is 0.326 e. The predicted octanol–water partition coefficient (Wildman–Crippen LogP) is 2.59. The molecule has 378 valence electrons. The lowest BCUT2D eigenvalue weighted by Crippen LogP contribution is -2.49. The van der Waals surface area contributed by atoms with Crippen LogP contribution in [0.5, 0.6) is 0 Å². The largest absolute Gasteiger partial charge is 0.481 e. The summed E-state index contributed by atoms with van der Waals surface area (Å²) in [5.41, 5.74) is 5.55. The second kappa shape index (κ2) is 30.1. The Kier molecular flexibility index (Phi) is 26.0. The molecule has 1 aliphatic carbocycles. The number of benzene rings is 1. The van der Waals surface area contributed by atoms with E-state index < -0.39 is 59.5 Å². The van der Waals surface area contributed by atoms with Crippen LogP contribution < -0.4 is 43.0 Å². The monoisotopic (exact) mass is 947 g/mol. The van der Waals surface area contributed by atoms with Gasteiger partial charge in [0.05, 0.1) is 24.4 Å². The van der Waals surface area contributed by atoms with Crippen LogP contribution in [0, 0.1) is 11.8 Å². The molecule has 11 N–H and O–H groups in total. The van der Waals surface area contributed by atoms with Crippen molar-refractivity contribution in [2.75, 3.05) is 51.8 Å². The number of carbonyl (C=O) groups is 8. The number of rotatable bonds is 33. The Morgan fingerprint density at radius 3 is 1.90 bits per heavy atom. The van der Waals surface area contributed by atoms with Crippen molar-refractivity contribution in [2.45, 2.75) is 154 Å². The normalized spacial score (nSPS) is 16.3. The Hall–Kier alpha value is -5.34. The predicted molar refractivity (Wildman–Crippen MR) is 252 cm³/mol. The summed E-state index contributed by atoms with van der Waals surface area (Å²) in [5.74, 6) is -4.66. The summed E-state index contributed by atoms with van der Waals surface area (Å²) in [6, 6.07) is 3.87. The summed E-state index contributed by atoms with van der Waals surface area (Å²) in [5, 5.41) is 38.1. The standard InChI is InChI=1S/C47H78N8O12/c1-31-10-12-33(13-11-31)42(61)55-37(45(64)65)18-20-38(56)54-36(19-21-40(58)59)44(63)52-28-30-67-47(4,5)24-29-66-46(2,3)23-22-39(57)53-35(43(62)49-6)9-7-8-26-51-41(60)32-14-16-34(17-15-32)50-27-25-48/h14-17,31,33,35-37,50H,7-13,18-30,48H2,1-6H3,(H,49,62)(H,51,60)(H,52,63)(H,53,57)(H,54,56)(H,55,61)(H,58,59)(H,64,65). The van der Waals surface area contributed by atoms with Crippen molar-refractivity contribution in [1.82, 2.24) is 31.9 Å². The second-order valence-electron chi connectivity index (χ2n) is 18.5. The minimum atomic E-state index is -1.29. The minimum absolute atomic E-state index is 0.0491. The Morgan fingerprint density at radius 2 is 1.28 bits per heavy atom. The molecule has 0 saturated heterocycles. The van der Waals surface area contributed by atoms with E-state index in [0.29, 0.717) is 76.1 Å². The molecule has 0 aromatic heterocycles. The lowest BCUT2D eigenvalue weighted by Gasteiger charge is -2.30. The van der Waals surface area contributed by atoms with Crippen LogP contribution in [0.3, 0.4) is 0 Å². The second-order valence-corrected chi connectivity index (χ2v) is 18.5. The average Bonchev–Trinajstić information content (AvgIpc) is 3.28. The van der Waals surface area contributed by atoms with E-state index in [4.69, 9.17) is 15.2 Å². The molecule has 1 aliphatic rings. The Bertz CT molecular complexity index is 1750. The van der Waals surface area contributed by atoms with E-state index in [-0.39, 0.29) is 75.0 Å². The molecule has 0 heterocycles.